The fourth-order valence-electron chi connectivity index (χ4n) is 4.39. The molecule has 2 aromatic rings. The monoisotopic (exact) mass is 387 g/mol. The van der Waals surface area contributed by atoms with Crippen molar-refractivity contribution in [3.8, 4) is 0 Å². The predicted molar refractivity (Wildman–Crippen MR) is 100 cm³/mol. The molecule has 5 rings (SSSR count). The van der Waals surface area contributed by atoms with Gasteiger partial charge in [0.1, 0.15) is 17.2 Å². The lowest BCUT2D eigenvalue weighted by Crippen LogP contribution is -2.26. The van der Waals surface area contributed by atoms with E-state index in [2.05, 4.69) is 5.32 Å². The summed E-state index contributed by atoms with van der Waals surface area (Å²) in [4.78, 5) is 25.7. The van der Waals surface area contributed by atoms with Crippen molar-refractivity contribution in [3.05, 3.63) is 50.8 Å². The van der Waals surface area contributed by atoms with Crippen molar-refractivity contribution in [2.75, 3.05) is 31.1 Å². The van der Waals surface area contributed by atoms with Crippen LogP contribution in [0.1, 0.15) is 35.8 Å². The maximum absolute atomic E-state index is 15.7. The van der Waals surface area contributed by atoms with Gasteiger partial charge in [0.15, 0.2) is 11.2 Å². The molecule has 0 spiro atoms. The first-order valence-corrected chi connectivity index (χ1v) is 9.41. The number of carboxylic acid groups (broad SMARTS) is 1. The molecule has 146 valence electrons. The largest absolute Gasteiger partial charge is 0.477 e. The van der Waals surface area contributed by atoms with Crippen LogP contribution in [0.25, 0.3) is 10.9 Å². The third-order valence-corrected chi connectivity index (χ3v) is 5.85. The number of fused-ring (bicyclic) bond motifs is 1. The Labute approximate surface area is 159 Å². The van der Waals surface area contributed by atoms with Crippen molar-refractivity contribution >= 4 is 22.6 Å². The summed E-state index contributed by atoms with van der Waals surface area (Å²) in [7, 11) is 0. The van der Waals surface area contributed by atoms with Crippen LogP contribution < -0.4 is 15.6 Å². The zero-order valence-corrected chi connectivity index (χ0v) is 15.1. The third kappa shape index (κ3) is 2.55. The zero-order valence-electron chi connectivity index (χ0n) is 15.1. The Morgan fingerprint density at radius 2 is 1.93 bits per heavy atom. The van der Waals surface area contributed by atoms with Crippen molar-refractivity contribution in [2.45, 2.75) is 25.3 Å². The molecule has 8 heteroatoms. The molecule has 3 aliphatic rings. The van der Waals surface area contributed by atoms with E-state index in [0.717, 1.165) is 30.7 Å². The molecular formula is C20H19F2N3O3. The van der Waals surface area contributed by atoms with Gasteiger partial charge in [-0.3, -0.25) is 4.79 Å². The normalized spacial score (nSPS) is 19.4. The number of nitrogens with zero attached hydrogens (tertiary/aromatic N) is 2. The maximum Gasteiger partial charge on any atom is 0.352 e. The summed E-state index contributed by atoms with van der Waals surface area (Å²) >= 11 is 0. The van der Waals surface area contributed by atoms with Gasteiger partial charge in [-0.25, -0.2) is 13.6 Å². The van der Waals surface area contributed by atoms with Crippen molar-refractivity contribution in [1.82, 2.24) is 9.88 Å². The summed E-state index contributed by atoms with van der Waals surface area (Å²) in [6, 6.07) is 1.83. The zero-order chi connectivity index (χ0) is 19.6. The summed E-state index contributed by atoms with van der Waals surface area (Å²) in [5.74, 6) is -2.93. The standard InChI is InChI=1S/C20H19F2N3O3/c21-14-5-13-16(26)6-15(20(27)28)25(12-1-2-12)18(13)17(22)19(14)24-8-10-3-4-23-7-11(10)9-24/h5-6,12,23H,1-4,7-9H2,(H,27,28). The number of pyridine rings is 1. The fraction of sp³-hybridized carbons (Fsp3) is 0.400. The van der Waals surface area contributed by atoms with Crippen molar-refractivity contribution in [2.24, 2.45) is 0 Å². The van der Waals surface area contributed by atoms with Gasteiger partial charge < -0.3 is 19.9 Å². The quantitative estimate of drug-likeness (QED) is 0.792. The van der Waals surface area contributed by atoms with Gasteiger partial charge in [-0.2, -0.15) is 0 Å². The van der Waals surface area contributed by atoms with Crippen LogP contribution >= 0.6 is 0 Å². The summed E-state index contributed by atoms with van der Waals surface area (Å²) in [6.45, 7) is 2.42. The topological polar surface area (TPSA) is 74.6 Å². The van der Waals surface area contributed by atoms with Crippen LogP contribution in [0.15, 0.2) is 28.1 Å². The molecule has 1 saturated carbocycles. The van der Waals surface area contributed by atoms with Crippen LogP contribution in [0, 0.1) is 11.6 Å². The van der Waals surface area contributed by atoms with Crippen molar-refractivity contribution in [1.29, 1.82) is 0 Å². The van der Waals surface area contributed by atoms with Crippen LogP contribution in [0.5, 0.6) is 0 Å². The highest BCUT2D eigenvalue weighted by Crippen LogP contribution is 2.41. The van der Waals surface area contributed by atoms with E-state index < -0.39 is 23.0 Å². The summed E-state index contributed by atoms with van der Waals surface area (Å²) in [6.07, 6.45) is 2.25. The van der Waals surface area contributed by atoms with Gasteiger partial charge in [0, 0.05) is 31.7 Å². The minimum absolute atomic E-state index is 0.105. The Hall–Kier alpha value is -2.74. The smallest absolute Gasteiger partial charge is 0.352 e. The number of rotatable bonds is 3. The van der Waals surface area contributed by atoms with E-state index in [1.807, 2.05) is 0 Å². The highest BCUT2D eigenvalue weighted by Gasteiger charge is 2.34. The van der Waals surface area contributed by atoms with Crippen LogP contribution in [-0.4, -0.2) is 41.8 Å². The molecule has 1 aliphatic carbocycles. The number of hydrogen-bond acceptors (Lipinski definition) is 4. The van der Waals surface area contributed by atoms with E-state index in [0.29, 0.717) is 32.5 Å². The number of carboxylic acids is 1. The van der Waals surface area contributed by atoms with Crippen molar-refractivity contribution < 1.29 is 18.7 Å². The number of hydrogen-bond donors (Lipinski definition) is 2. The lowest BCUT2D eigenvalue weighted by atomic mass is 10.1. The van der Waals surface area contributed by atoms with Gasteiger partial charge in [-0.15, -0.1) is 0 Å². The van der Waals surface area contributed by atoms with Crippen LogP contribution in [-0.2, 0) is 0 Å². The van der Waals surface area contributed by atoms with Gasteiger partial charge in [0.25, 0.3) is 0 Å². The lowest BCUT2D eigenvalue weighted by molar-refractivity contribution is 0.0684. The van der Waals surface area contributed by atoms with Gasteiger partial charge in [-0.05, 0) is 43.0 Å². The average Bonchev–Trinajstić information content (AvgIpc) is 3.40. The number of nitrogens with one attached hydrogen (secondary N) is 1. The maximum atomic E-state index is 15.7. The van der Waals surface area contributed by atoms with E-state index >= 15 is 4.39 Å². The molecular weight excluding hydrogens is 368 g/mol. The Kier molecular flexibility index (Phi) is 3.80. The molecule has 1 aromatic heterocycles. The summed E-state index contributed by atoms with van der Waals surface area (Å²) in [5.41, 5.74) is 1.11. The lowest BCUT2D eigenvalue weighted by Gasteiger charge is -2.23. The van der Waals surface area contributed by atoms with Crippen LogP contribution in [0.3, 0.4) is 0 Å². The van der Waals surface area contributed by atoms with Crippen molar-refractivity contribution in [3.63, 3.8) is 0 Å². The molecule has 3 heterocycles. The highest BCUT2D eigenvalue weighted by atomic mass is 19.1. The summed E-state index contributed by atoms with van der Waals surface area (Å²) in [5, 5.41) is 12.7. The minimum atomic E-state index is -1.29. The molecule has 1 aromatic carbocycles. The molecule has 1 fully saturated rings. The molecule has 0 amide bonds. The molecule has 0 saturated heterocycles. The predicted octanol–water partition coefficient (Wildman–Crippen LogP) is 2.42. The third-order valence-electron chi connectivity index (χ3n) is 5.85. The van der Waals surface area contributed by atoms with Gasteiger partial charge >= 0.3 is 5.97 Å². The Morgan fingerprint density at radius 1 is 1.18 bits per heavy atom. The number of aromatic nitrogens is 1. The van der Waals surface area contributed by atoms with E-state index in [4.69, 9.17) is 0 Å². The number of benzene rings is 1. The molecule has 0 radical (unpaired) electrons. The Bertz CT molecular complexity index is 1100. The average molecular weight is 387 g/mol. The van der Waals surface area contributed by atoms with E-state index in [1.165, 1.54) is 10.1 Å². The summed E-state index contributed by atoms with van der Waals surface area (Å²) < 4.78 is 31.9. The number of halogens is 2. The molecule has 2 aliphatic heterocycles. The minimum Gasteiger partial charge on any atom is -0.477 e. The second-order valence-corrected chi connectivity index (χ2v) is 7.71. The first kappa shape index (κ1) is 17.4. The van der Waals surface area contributed by atoms with Crippen LogP contribution in [0.2, 0.25) is 0 Å². The van der Waals surface area contributed by atoms with Gasteiger partial charge in [-0.1, -0.05) is 0 Å². The molecule has 0 unspecified atom stereocenters. The van der Waals surface area contributed by atoms with E-state index in [9.17, 15) is 19.1 Å². The molecule has 6 nitrogen and oxygen atoms in total. The molecule has 28 heavy (non-hydrogen) atoms. The first-order valence-electron chi connectivity index (χ1n) is 9.41. The number of carbonyl (C=O) groups is 1. The second kappa shape index (κ2) is 6.13. The van der Waals surface area contributed by atoms with Gasteiger partial charge in [0.05, 0.1) is 10.9 Å². The Morgan fingerprint density at radius 3 is 2.61 bits per heavy atom. The molecule has 0 atom stereocenters. The van der Waals surface area contributed by atoms with E-state index in [-0.39, 0.29) is 28.3 Å². The molecule has 0 bridgehead atoms. The Balaban J connectivity index is 1.72. The number of anilines is 1. The SMILES string of the molecule is O=C(O)c1cc(=O)c2cc(F)c(N3CC4=C(CNCC4)C3)c(F)c2n1C1CC1. The van der Waals surface area contributed by atoms with Gasteiger partial charge in [0.2, 0.25) is 0 Å². The van der Waals surface area contributed by atoms with E-state index in [1.54, 1.807) is 4.90 Å². The highest BCUT2D eigenvalue weighted by molar-refractivity contribution is 5.92. The molecule has 2 N–H and O–H groups in total. The fourth-order valence-corrected chi connectivity index (χ4v) is 4.39. The van der Waals surface area contributed by atoms with Crippen LogP contribution in [0.4, 0.5) is 14.5 Å². The number of aromatic carboxylic acids is 1. The second-order valence-electron chi connectivity index (χ2n) is 7.71. The first-order chi connectivity index (χ1) is 13.5.